The number of hydrogen-bond acceptors (Lipinski definition) is 3. The second-order valence-corrected chi connectivity index (χ2v) is 7.23. The summed E-state index contributed by atoms with van der Waals surface area (Å²) in [6.45, 7) is 10.7. The molecule has 2 aromatic rings. The van der Waals surface area contributed by atoms with E-state index in [1.54, 1.807) is 7.11 Å². The van der Waals surface area contributed by atoms with Gasteiger partial charge in [0.1, 0.15) is 0 Å². The van der Waals surface area contributed by atoms with Crippen LogP contribution in [0.2, 0.25) is 0 Å². The van der Waals surface area contributed by atoms with Gasteiger partial charge >= 0.3 is 0 Å². The maximum Gasteiger partial charge on any atom is 0.227 e. The maximum atomic E-state index is 12.8. The Morgan fingerprint density at radius 1 is 1.21 bits per heavy atom. The molecule has 1 aliphatic carbocycles. The maximum absolute atomic E-state index is 12.8. The number of carbonyl (C=O) groups excluding carboxylic acids is 1. The molecule has 1 aromatic carbocycles. The summed E-state index contributed by atoms with van der Waals surface area (Å²) >= 11 is 0. The average Bonchev–Trinajstić information content (AvgIpc) is 3.56. The number of carbonyl (C=O) groups is 1. The molecular weight excluding hydrogens is 348 g/mol. The van der Waals surface area contributed by atoms with Crippen LogP contribution < -0.4 is 10.1 Å². The van der Waals surface area contributed by atoms with Crippen LogP contribution in [0.1, 0.15) is 79.7 Å². The van der Waals surface area contributed by atoms with Gasteiger partial charge in [-0.05, 0) is 67.3 Å². The number of benzene rings is 1. The third kappa shape index (κ3) is 5.34. The van der Waals surface area contributed by atoms with Crippen molar-refractivity contribution in [2.45, 2.75) is 72.3 Å². The zero-order valence-electron chi connectivity index (χ0n) is 18.1. The molecule has 4 nitrogen and oxygen atoms in total. The Labute approximate surface area is 169 Å². The van der Waals surface area contributed by atoms with Crippen molar-refractivity contribution in [3.63, 3.8) is 0 Å². The van der Waals surface area contributed by atoms with Gasteiger partial charge in [0.05, 0.1) is 13.0 Å². The molecule has 1 N–H and O–H groups in total. The average molecular weight is 383 g/mol. The molecule has 1 amide bonds. The van der Waals surface area contributed by atoms with Crippen molar-refractivity contribution < 1.29 is 9.53 Å². The standard InChI is InChI=1S/C22H28N2O2.C2H6/c1-5-20(17-7-6-14(2)15(3)10-17)21(25)23-13-19-11-18(16-8-9-16)12-24-22(19)26-4;1-2/h6-7,10-12,16,20H,5,8-9,13H2,1-4H3,(H,23,25);1-2H3/t20-;/m0./s1. The first kappa shape index (κ1) is 21.9. The molecule has 0 bridgehead atoms. The van der Waals surface area contributed by atoms with Crippen LogP contribution >= 0.6 is 0 Å². The normalized spacial score (nSPS) is 13.9. The molecule has 4 heteroatoms. The number of rotatable bonds is 7. The lowest BCUT2D eigenvalue weighted by Gasteiger charge is -2.17. The number of aryl methyl sites for hydroxylation is 2. The number of aromatic nitrogens is 1. The topological polar surface area (TPSA) is 51.2 Å². The quantitative estimate of drug-likeness (QED) is 0.695. The summed E-state index contributed by atoms with van der Waals surface area (Å²) in [7, 11) is 1.62. The number of amides is 1. The molecule has 1 atom stereocenters. The molecule has 0 saturated heterocycles. The Hall–Kier alpha value is -2.36. The Bertz CT molecular complexity index is 797. The van der Waals surface area contributed by atoms with E-state index in [0.717, 1.165) is 17.5 Å². The van der Waals surface area contributed by atoms with Crippen molar-refractivity contribution in [3.05, 3.63) is 58.3 Å². The Balaban J connectivity index is 0.00000136. The molecule has 0 radical (unpaired) electrons. The van der Waals surface area contributed by atoms with Crippen molar-refractivity contribution in [2.24, 2.45) is 0 Å². The minimum Gasteiger partial charge on any atom is -0.481 e. The number of nitrogens with zero attached hydrogens (tertiary/aromatic N) is 1. The first-order valence-corrected chi connectivity index (χ1v) is 10.4. The minimum atomic E-state index is -0.139. The molecule has 152 valence electrons. The van der Waals surface area contributed by atoms with E-state index >= 15 is 0 Å². The molecule has 0 unspecified atom stereocenters. The van der Waals surface area contributed by atoms with Gasteiger partial charge in [-0.25, -0.2) is 4.98 Å². The fourth-order valence-corrected chi connectivity index (χ4v) is 3.33. The summed E-state index contributed by atoms with van der Waals surface area (Å²) in [5.74, 6) is 1.13. The summed E-state index contributed by atoms with van der Waals surface area (Å²) in [6, 6.07) is 8.40. The predicted molar refractivity (Wildman–Crippen MR) is 115 cm³/mol. The molecule has 1 heterocycles. The Morgan fingerprint density at radius 2 is 1.93 bits per heavy atom. The third-order valence-corrected chi connectivity index (χ3v) is 5.30. The zero-order valence-corrected chi connectivity index (χ0v) is 18.1. The molecule has 1 fully saturated rings. The van der Waals surface area contributed by atoms with Crippen LogP contribution in [0.25, 0.3) is 0 Å². The molecule has 1 aromatic heterocycles. The van der Waals surface area contributed by atoms with E-state index in [4.69, 9.17) is 4.74 Å². The van der Waals surface area contributed by atoms with Crippen LogP contribution in [0.4, 0.5) is 0 Å². The molecule has 0 aliphatic heterocycles. The van der Waals surface area contributed by atoms with Crippen molar-refractivity contribution in [3.8, 4) is 5.88 Å². The first-order valence-electron chi connectivity index (χ1n) is 10.4. The molecule has 1 saturated carbocycles. The van der Waals surface area contributed by atoms with Crippen molar-refractivity contribution >= 4 is 5.91 Å². The van der Waals surface area contributed by atoms with Crippen molar-refractivity contribution in [1.82, 2.24) is 10.3 Å². The van der Waals surface area contributed by atoms with Gasteiger partial charge in [-0.2, -0.15) is 0 Å². The minimum absolute atomic E-state index is 0.0506. The number of methoxy groups -OCH3 is 1. The SMILES string of the molecule is CC.CC[C@H](C(=O)NCc1cc(C2CC2)cnc1OC)c1ccc(C)c(C)c1. The Kier molecular flexibility index (Phi) is 8.04. The monoisotopic (exact) mass is 382 g/mol. The van der Waals surface area contributed by atoms with Gasteiger partial charge in [0.2, 0.25) is 11.8 Å². The van der Waals surface area contributed by atoms with Gasteiger partial charge in [0.25, 0.3) is 0 Å². The van der Waals surface area contributed by atoms with E-state index in [1.807, 2.05) is 20.0 Å². The lowest BCUT2D eigenvalue weighted by atomic mass is 9.93. The van der Waals surface area contributed by atoms with Crippen molar-refractivity contribution in [2.75, 3.05) is 7.11 Å². The molecule has 28 heavy (non-hydrogen) atoms. The highest BCUT2D eigenvalue weighted by Crippen LogP contribution is 2.40. The largest absolute Gasteiger partial charge is 0.481 e. The second-order valence-electron chi connectivity index (χ2n) is 7.23. The van der Waals surface area contributed by atoms with Crippen LogP contribution in [-0.2, 0) is 11.3 Å². The van der Waals surface area contributed by atoms with E-state index in [9.17, 15) is 4.79 Å². The third-order valence-electron chi connectivity index (χ3n) is 5.30. The van der Waals surface area contributed by atoms with E-state index in [0.29, 0.717) is 18.3 Å². The lowest BCUT2D eigenvalue weighted by Crippen LogP contribution is -2.29. The summed E-state index contributed by atoms with van der Waals surface area (Å²) in [5.41, 5.74) is 5.73. The molecule has 0 spiro atoms. The highest BCUT2D eigenvalue weighted by molar-refractivity contribution is 5.83. The molecular formula is C24H34N2O2. The van der Waals surface area contributed by atoms with Crippen LogP contribution in [0.5, 0.6) is 5.88 Å². The number of nitrogens with one attached hydrogen (secondary N) is 1. The van der Waals surface area contributed by atoms with Crippen LogP contribution in [-0.4, -0.2) is 18.0 Å². The van der Waals surface area contributed by atoms with Crippen molar-refractivity contribution in [1.29, 1.82) is 0 Å². The fourth-order valence-electron chi connectivity index (χ4n) is 3.33. The van der Waals surface area contributed by atoms with Gasteiger partial charge in [-0.1, -0.05) is 39.0 Å². The van der Waals surface area contributed by atoms with E-state index in [-0.39, 0.29) is 11.8 Å². The van der Waals surface area contributed by atoms with Gasteiger partial charge in [0.15, 0.2) is 0 Å². The van der Waals surface area contributed by atoms with Crippen LogP contribution in [0, 0.1) is 13.8 Å². The van der Waals surface area contributed by atoms with E-state index < -0.39 is 0 Å². The summed E-state index contributed by atoms with van der Waals surface area (Å²) in [5, 5.41) is 3.08. The van der Waals surface area contributed by atoms with Gasteiger partial charge in [0, 0.05) is 18.3 Å². The fraction of sp³-hybridized carbons (Fsp3) is 0.500. The lowest BCUT2D eigenvalue weighted by molar-refractivity contribution is -0.122. The summed E-state index contributed by atoms with van der Waals surface area (Å²) < 4.78 is 5.37. The predicted octanol–water partition coefficient (Wildman–Crippen LogP) is 5.42. The zero-order chi connectivity index (χ0) is 20.7. The van der Waals surface area contributed by atoms with Crippen LogP contribution in [0.3, 0.4) is 0 Å². The van der Waals surface area contributed by atoms with E-state index in [1.165, 1.54) is 29.5 Å². The highest BCUT2D eigenvalue weighted by Gasteiger charge is 2.25. The second kappa shape index (κ2) is 10.3. The van der Waals surface area contributed by atoms with Crippen LogP contribution in [0.15, 0.2) is 30.5 Å². The summed E-state index contributed by atoms with van der Waals surface area (Å²) in [4.78, 5) is 17.2. The number of pyridine rings is 1. The highest BCUT2D eigenvalue weighted by atomic mass is 16.5. The van der Waals surface area contributed by atoms with E-state index in [2.05, 4.69) is 55.3 Å². The molecule has 1 aliphatic rings. The molecule has 3 rings (SSSR count). The van der Waals surface area contributed by atoms with Gasteiger partial charge in [-0.3, -0.25) is 4.79 Å². The first-order chi connectivity index (χ1) is 13.5. The van der Waals surface area contributed by atoms with Gasteiger partial charge < -0.3 is 10.1 Å². The summed E-state index contributed by atoms with van der Waals surface area (Å²) in [6.07, 6.45) is 5.12. The number of hydrogen-bond donors (Lipinski definition) is 1. The van der Waals surface area contributed by atoms with Gasteiger partial charge in [-0.15, -0.1) is 0 Å². The Morgan fingerprint density at radius 3 is 2.50 bits per heavy atom. The smallest absolute Gasteiger partial charge is 0.227 e. The number of ether oxygens (including phenoxy) is 1.